The summed E-state index contributed by atoms with van der Waals surface area (Å²) in [5, 5.41) is 10.6. The Morgan fingerprint density at radius 1 is 1.25 bits per heavy atom. The van der Waals surface area contributed by atoms with Gasteiger partial charge in [-0.3, -0.25) is 10.1 Å². The van der Waals surface area contributed by atoms with Crippen molar-refractivity contribution in [2.45, 2.75) is 6.61 Å². The molecule has 0 spiro atoms. The number of hydrogen-bond acceptors (Lipinski definition) is 3. The number of nitro groups is 1. The van der Waals surface area contributed by atoms with E-state index in [4.69, 9.17) is 16.3 Å². The Bertz CT molecular complexity index is 664. The van der Waals surface area contributed by atoms with Crippen molar-refractivity contribution < 1.29 is 18.4 Å². The fraction of sp³-hybridized carbons (Fsp3) is 0.0769. The van der Waals surface area contributed by atoms with E-state index in [1.165, 1.54) is 24.3 Å². The SMILES string of the molecule is O=[N+]([O-])c1ccc(OCc2cccc(F)c2F)c(Cl)c1. The highest BCUT2D eigenvalue weighted by Crippen LogP contribution is 2.29. The molecule has 0 aliphatic rings. The van der Waals surface area contributed by atoms with Crippen LogP contribution in [0.25, 0.3) is 0 Å². The summed E-state index contributed by atoms with van der Waals surface area (Å²) in [5.74, 6) is -1.81. The van der Waals surface area contributed by atoms with Crippen LogP contribution in [-0.2, 0) is 6.61 Å². The zero-order valence-corrected chi connectivity index (χ0v) is 10.7. The normalized spacial score (nSPS) is 10.3. The first-order valence-electron chi connectivity index (χ1n) is 5.48. The van der Waals surface area contributed by atoms with Gasteiger partial charge in [-0.25, -0.2) is 8.78 Å². The van der Waals surface area contributed by atoms with Crippen molar-refractivity contribution in [2.24, 2.45) is 0 Å². The Morgan fingerprint density at radius 2 is 2.00 bits per heavy atom. The van der Waals surface area contributed by atoms with Crippen LogP contribution in [0.5, 0.6) is 5.75 Å². The Kier molecular flexibility index (Phi) is 4.14. The number of hydrogen-bond donors (Lipinski definition) is 0. The standard InChI is InChI=1S/C13H8ClF2NO3/c14-10-6-9(17(18)19)4-5-12(10)20-7-8-2-1-3-11(15)13(8)16/h1-6H,7H2. The molecule has 0 bridgehead atoms. The lowest BCUT2D eigenvalue weighted by Crippen LogP contribution is -2.01. The number of halogens is 3. The number of benzene rings is 2. The van der Waals surface area contributed by atoms with Crippen LogP contribution in [-0.4, -0.2) is 4.92 Å². The highest BCUT2D eigenvalue weighted by molar-refractivity contribution is 6.32. The monoisotopic (exact) mass is 299 g/mol. The van der Waals surface area contributed by atoms with E-state index in [-0.39, 0.29) is 28.6 Å². The van der Waals surface area contributed by atoms with Gasteiger partial charge < -0.3 is 4.74 Å². The molecule has 0 unspecified atom stereocenters. The maximum atomic E-state index is 13.4. The third-order valence-corrected chi connectivity index (χ3v) is 2.84. The third kappa shape index (κ3) is 3.03. The maximum absolute atomic E-state index is 13.4. The lowest BCUT2D eigenvalue weighted by atomic mass is 10.2. The van der Waals surface area contributed by atoms with Gasteiger partial charge in [0.25, 0.3) is 5.69 Å². The summed E-state index contributed by atoms with van der Waals surface area (Å²) in [4.78, 5) is 9.95. The fourth-order valence-electron chi connectivity index (χ4n) is 1.54. The van der Waals surface area contributed by atoms with Crippen molar-refractivity contribution in [1.82, 2.24) is 0 Å². The van der Waals surface area contributed by atoms with Gasteiger partial charge in [0, 0.05) is 17.7 Å². The van der Waals surface area contributed by atoms with Crippen molar-refractivity contribution in [3.8, 4) is 5.75 Å². The first-order chi connectivity index (χ1) is 9.49. The average Bonchev–Trinajstić information content (AvgIpc) is 2.41. The first kappa shape index (κ1) is 14.2. The first-order valence-corrected chi connectivity index (χ1v) is 5.86. The Morgan fingerprint density at radius 3 is 2.65 bits per heavy atom. The molecule has 2 rings (SSSR count). The van der Waals surface area contributed by atoms with Gasteiger partial charge in [0.15, 0.2) is 11.6 Å². The molecule has 0 atom stereocenters. The molecule has 7 heteroatoms. The van der Waals surface area contributed by atoms with Gasteiger partial charge in [-0.05, 0) is 12.1 Å². The molecule has 4 nitrogen and oxygen atoms in total. The molecule has 104 valence electrons. The van der Waals surface area contributed by atoms with Crippen molar-refractivity contribution in [1.29, 1.82) is 0 Å². The molecule has 0 fully saturated rings. The van der Waals surface area contributed by atoms with Crippen molar-refractivity contribution in [2.75, 3.05) is 0 Å². The van der Waals surface area contributed by atoms with Crippen LogP contribution in [0.4, 0.5) is 14.5 Å². The molecular weight excluding hydrogens is 292 g/mol. The fourth-order valence-corrected chi connectivity index (χ4v) is 1.77. The number of nitro benzene ring substituents is 1. The van der Waals surface area contributed by atoms with E-state index in [2.05, 4.69) is 0 Å². The Balaban J connectivity index is 2.15. The lowest BCUT2D eigenvalue weighted by Gasteiger charge is -2.08. The molecule has 0 aliphatic carbocycles. The quantitative estimate of drug-likeness (QED) is 0.630. The van der Waals surface area contributed by atoms with Gasteiger partial charge in [0.2, 0.25) is 0 Å². The summed E-state index contributed by atoms with van der Waals surface area (Å²) in [5.41, 5.74) is -0.154. The number of ether oxygens (including phenoxy) is 1. The van der Waals surface area contributed by atoms with Crippen LogP contribution in [0.15, 0.2) is 36.4 Å². The highest BCUT2D eigenvalue weighted by atomic mass is 35.5. The van der Waals surface area contributed by atoms with E-state index in [1.54, 1.807) is 0 Å². The second-order valence-electron chi connectivity index (χ2n) is 3.87. The molecule has 0 amide bonds. The summed E-state index contributed by atoms with van der Waals surface area (Å²) in [6.45, 7) is -0.235. The maximum Gasteiger partial charge on any atom is 0.271 e. The Labute approximate surface area is 117 Å². The predicted molar refractivity (Wildman–Crippen MR) is 68.8 cm³/mol. The molecule has 0 saturated carbocycles. The molecule has 0 aliphatic heterocycles. The molecule has 2 aromatic rings. The molecule has 0 heterocycles. The largest absolute Gasteiger partial charge is 0.487 e. The van der Waals surface area contributed by atoms with E-state index in [0.717, 1.165) is 12.1 Å². The zero-order chi connectivity index (χ0) is 14.7. The minimum Gasteiger partial charge on any atom is -0.487 e. The highest BCUT2D eigenvalue weighted by Gasteiger charge is 2.12. The topological polar surface area (TPSA) is 52.4 Å². The summed E-state index contributed by atoms with van der Waals surface area (Å²) >= 11 is 5.81. The number of rotatable bonds is 4. The van der Waals surface area contributed by atoms with Gasteiger partial charge in [0.1, 0.15) is 12.4 Å². The minimum absolute atomic E-state index is 0.0241. The van der Waals surface area contributed by atoms with Crippen molar-refractivity contribution in [3.63, 3.8) is 0 Å². The van der Waals surface area contributed by atoms with Gasteiger partial charge in [-0.15, -0.1) is 0 Å². The summed E-state index contributed by atoms with van der Waals surface area (Å²) in [6, 6.07) is 7.36. The van der Waals surface area contributed by atoms with E-state index >= 15 is 0 Å². The van der Waals surface area contributed by atoms with Crippen LogP contribution < -0.4 is 4.74 Å². The molecule has 0 N–H and O–H groups in total. The minimum atomic E-state index is -0.995. The van der Waals surface area contributed by atoms with Crippen LogP contribution in [0.1, 0.15) is 5.56 Å². The Hall–Kier alpha value is -2.21. The van der Waals surface area contributed by atoms with Crippen molar-refractivity contribution >= 4 is 17.3 Å². The second kappa shape index (κ2) is 5.83. The second-order valence-corrected chi connectivity index (χ2v) is 4.28. The molecule has 2 aromatic carbocycles. The molecule has 20 heavy (non-hydrogen) atoms. The number of non-ortho nitro benzene ring substituents is 1. The summed E-state index contributed by atoms with van der Waals surface area (Å²) < 4.78 is 31.6. The number of nitrogens with zero attached hydrogens (tertiary/aromatic N) is 1. The molecular formula is C13H8ClF2NO3. The van der Waals surface area contributed by atoms with E-state index in [1.807, 2.05) is 0 Å². The van der Waals surface area contributed by atoms with E-state index in [0.29, 0.717) is 0 Å². The zero-order valence-electron chi connectivity index (χ0n) is 9.98. The predicted octanol–water partition coefficient (Wildman–Crippen LogP) is 4.11. The van der Waals surface area contributed by atoms with Crippen molar-refractivity contribution in [3.05, 3.63) is 68.7 Å². The smallest absolute Gasteiger partial charge is 0.271 e. The lowest BCUT2D eigenvalue weighted by molar-refractivity contribution is -0.384. The van der Waals surface area contributed by atoms with Crippen LogP contribution in [0.2, 0.25) is 5.02 Å². The molecule has 0 saturated heterocycles. The van der Waals surface area contributed by atoms with E-state index < -0.39 is 16.6 Å². The van der Waals surface area contributed by atoms with Gasteiger partial charge in [-0.2, -0.15) is 0 Å². The van der Waals surface area contributed by atoms with Gasteiger partial charge >= 0.3 is 0 Å². The van der Waals surface area contributed by atoms with Gasteiger partial charge in [-0.1, -0.05) is 23.7 Å². The van der Waals surface area contributed by atoms with Crippen LogP contribution >= 0.6 is 11.6 Å². The third-order valence-electron chi connectivity index (χ3n) is 2.54. The van der Waals surface area contributed by atoms with Crippen LogP contribution in [0.3, 0.4) is 0 Å². The van der Waals surface area contributed by atoms with E-state index in [9.17, 15) is 18.9 Å². The molecule has 0 radical (unpaired) electrons. The average molecular weight is 300 g/mol. The summed E-state index contributed by atoms with van der Waals surface area (Å²) in [6.07, 6.45) is 0. The molecule has 0 aromatic heterocycles. The van der Waals surface area contributed by atoms with Crippen LogP contribution in [0, 0.1) is 21.7 Å². The summed E-state index contributed by atoms with van der Waals surface area (Å²) in [7, 11) is 0. The van der Waals surface area contributed by atoms with Gasteiger partial charge in [0.05, 0.1) is 9.95 Å².